The first-order valence-corrected chi connectivity index (χ1v) is 8.92. The summed E-state index contributed by atoms with van der Waals surface area (Å²) in [5.74, 6) is -0.515. The zero-order chi connectivity index (χ0) is 13.9. The highest BCUT2D eigenvalue weighted by atomic mass is 28.4. The number of amides is 1. The first-order valence-electron chi connectivity index (χ1n) is 6.01. The topological polar surface area (TPSA) is 55.4 Å². The van der Waals surface area contributed by atoms with E-state index in [1.165, 1.54) is 6.92 Å². The second kappa shape index (κ2) is 5.66. The number of rotatable bonds is 4. The van der Waals surface area contributed by atoms with Crippen molar-refractivity contribution in [1.82, 2.24) is 5.32 Å². The van der Waals surface area contributed by atoms with E-state index in [1.54, 1.807) is 0 Å². The fourth-order valence-electron chi connectivity index (χ4n) is 1.05. The average molecular weight is 259 g/mol. The van der Waals surface area contributed by atoms with E-state index in [1.807, 2.05) is 20.0 Å². The van der Waals surface area contributed by atoms with Crippen molar-refractivity contribution >= 4 is 20.2 Å². The summed E-state index contributed by atoms with van der Waals surface area (Å²) in [5, 5.41) is 2.60. The fraction of sp³-hybridized carbons (Fsp3) is 0.833. The first-order chi connectivity index (χ1) is 7.51. The zero-order valence-electron chi connectivity index (χ0n) is 12.0. The van der Waals surface area contributed by atoms with Gasteiger partial charge in [-0.2, -0.15) is 0 Å². The van der Waals surface area contributed by atoms with Crippen LogP contribution in [-0.4, -0.2) is 26.2 Å². The molecule has 0 aliphatic heterocycles. The Morgan fingerprint density at radius 2 is 1.76 bits per heavy atom. The molecule has 0 saturated carbocycles. The number of hydrogen-bond acceptors (Lipinski definition) is 3. The van der Waals surface area contributed by atoms with E-state index in [-0.39, 0.29) is 16.9 Å². The lowest BCUT2D eigenvalue weighted by molar-refractivity contribution is -0.140. The Bertz CT molecular complexity index is 295. The maximum absolute atomic E-state index is 12.0. The van der Waals surface area contributed by atoms with E-state index in [4.69, 9.17) is 4.43 Å². The third-order valence-corrected chi connectivity index (χ3v) is 7.56. The minimum absolute atomic E-state index is 0.0167. The molecule has 100 valence electrons. The molecule has 17 heavy (non-hydrogen) atoms. The molecule has 0 spiro atoms. The standard InChI is InChI=1S/C12H25NO3Si/c1-8-10(13-9(2)14)11(15)16-17(6,7)12(3,4)5/h10H,8H2,1-7H3,(H,13,14). The third kappa shape index (κ3) is 4.89. The lowest BCUT2D eigenvalue weighted by Crippen LogP contribution is -2.48. The van der Waals surface area contributed by atoms with Gasteiger partial charge in [0.1, 0.15) is 6.04 Å². The van der Waals surface area contributed by atoms with E-state index in [0.717, 1.165) is 0 Å². The van der Waals surface area contributed by atoms with E-state index < -0.39 is 14.4 Å². The summed E-state index contributed by atoms with van der Waals surface area (Å²) in [6.07, 6.45) is 0.549. The van der Waals surface area contributed by atoms with Gasteiger partial charge in [-0.1, -0.05) is 27.7 Å². The molecule has 0 bridgehead atoms. The molecule has 1 atom stereocenters. The summed E-state index contributed by atoms with van der Waals surface area (Å²) in [7, 11) is -2.10. The van der Waals surface area contributed by atoms with Crippen LogP contribution in [0, 0.1) is 0 Å². The van der Waals surface area contributed by atoms with Crippen LogP contribution in [0.3, 0.4) is 0 Å². The first kappa shape index (κ1) is 16.2. The Balaban J connectivity index is 4.67. The van der Waals surface area contributed by atoms with Crippen molar-refractivity contribution in [3.63, 3.8) is 0 Å². The molecule has 0 saturated heterocycles. The third-order valence-electron chi connectivity index (χ3n) is 3.23. The van der Waals surface area contributed by atoms with Crippen LogP contribution < -0.4 is 5.32 Å². The highest BCUT2D eigenvalue weighted by Gasteiger charge is 2.41. The van der Waals surface area contributed by atoms with Gasteiger partial charge in [0.15, 0.2) is 0 Å². The Kier molecular flexibility index (Phi) is 5.38. The van der Waals surface area contributed by atoms with Gasteiger partial charge in [0.25, 0.3) is 8.32 Å². The molecular weight excluding hydrogens is 234 g/mol. The molecule has 0 heterocycles. The maximum atomic E-state index is 12.0. The van der Waals surface area contributed by atoms with Gasteiger partial charge in [-0.05, 0) is 24.6 Å². The molecule has 0 radical (unpaired) electrons. The molecule has 0 fully saturated rings. The Labute approximate surface area is 105 Å². The van der Waals surface area contributed by atoms with E-state index in [0.29, 0.717) is 6.42 Å². The molecule has 1 N–H and O–H groups in total. The van der Waals surface area contributed by atoms with Gasteiger partial charge in [-0.15, -0.1) is 0 Å². The van der Waals surface area contributed by atoms with Gasteiger partial charge >= 0.3 is 5.97 Å². The number of carbonyl (C=O) groups is 2. The van der Waals surface area contributed by atoms with Gasteiger partial charge in [0.05, 0.1) is 0 Å². The van der Waals surface area contributed by atoms with Crippen molar-refractivity contribution < 1.29 is 14.0 Å². The fourth-order valence-corrected chi connectivity index (χ4v) is 2.00. The smallest absolute Gasteiger partial charge is 0.315 e. The quantitative estimate of drug-likeness (QED) is 0.789. The van der Waals surface area contributed by atoms with Crippen LogP contribution in [0.4, 0.5) is 0 Å². The molecule has 1 unspecified atom stereocenters. The summed E-state index contributed by atoms with van der Waals surface area (Å²) >= 11 is 0. The predicted molar refractivity (Wildman–Crippen MR) is 71.2 cm³/mol. The predicted octanol–water partition coefficient (Wildman–Crippen LogP) is 2.45. The molecule has 5 heteroatoms. The number of hydrogen-bond donors (Lipinski definition) is 1. The molecule has 0 rings (SSSR count). The van der Waals surface area contributed by atoms with Gasteiger partial charge in [0, 0.05) is 6.92 Å². The molecule has 1 amide bonds. The average Bonchev–Trinajstić information content (AvgIpc) is 2.10. The van der Waals surface area contributed by atoms with Crippen LogP contribution in [0.1, 0.15) is 41.0 Å². The molecule has 0 aromatic carbocycles. The summed E-state index contributed by atoms with van der Waals surface area (Å²) in [6, 6.07) is -0.526. The van der Waals surface area contributed by atoms with E-state index in [9.17, 15) is 9.59 Å². The summed E-state index contributed by atoms with van der Waals surface area (Å²) in [5.41, 5.74) is 0. The summed E-state index contributed by atoms with van der Waals surface area (Å²) in [6.45, 7) is 13.5. The second-order valence-corrected chi connectivity index (χ2v) is 10.6. The zero-order valence-corrected chi connectivity index (χ0v) is 13.0. The Hall–Kier alpha value is -0.843. The van der Waals surface area contributed by atoms with Crippen molar-refractivity contribution in [1.29, 1.82) is 0 Å². The molecule has 0 aromatic heterocycles. The van der Waals surface area contributed by atoms with Gasteiger partial charge in [0.2, 0.25) is 5.91 Å². The molecule has 4 nitrogen and oxygen atoms in total. The largest absolute Gasteiger partial charge is 0.518 e. The van der Waals surface area contributed by atoms with Crippen LogP contribution in [0.25, 0.3) is 0 Å². The highest BCUT2D eigenvalue weighted by Crippen LogP contribution is 2.36. The van der Waals surface area contributed by atoms with Crippen LogP contribution in [0.15, 0.2) is 0 Å². The maximum Gasteiger partial charge on any atom is 0.315 e. The summed E-state index contributed by atoms with van der Waals surface area (Å²) in [4.78, 5) is 22.9. The van der Waals surface area contributed by atoms with Crippen molar-refractivity contribution in [2.75, 3.05) is 0 Å². The minimum atomic E-state index is -2.10. The van der Waals surface area contributed by atoms with Crippen LogP contribution in [0.2, 0.25) is 18.1 Å². The van der Waals surface area contributed by atoms with Crippen molar-refractivity contribution in [3.05, 3.63) is 0 Å². The van der Waals surface area contributed by atoms with Gasteiger partial charge < -0.3 is 9.74 Å². The normalized spacial score (nSPS) is 14.1. The van der Waals surface area contributed by atoms with Crippen LogP contribution in [0.5, 0.6) is 0 Å². The van der Waals surface area contributed by atoms with Crippen molar-refractivity contribution in [3.8, 4) is 0 Å². The van der Waals surface area contributed by atoms with Gasteiger partial charge in [-0.25, -0.2) is 0 Å². The van der Waals surface area contributed by atoms with E-state index >= 15 is 0 Å². The van der Waals surface area contributed by atoms with Crippen molar-refractivity contribution in [2.45, 2.75) is 65.2 Å². The molecular formula is C12H25NO3Si. The number of carbonyl (C=O) groups excluding carboxylic acids is 2. The second-order valence-electron chi connectivity index (χ2n) is 5.84. The lowest BCUT2D eigenvalue weighted by atomic mass is 10.2. The molecule has 0 aliphatic carbocycles. The highest BCUT2D eigenvalue weighted by molar-refractivity contribution is 6.75. The Morgan fingerprint density at radius 3 is 2.06 bits per heavy atom. The van der Waals surface area contributed by atoms with Gasteiger partial charge in [-0.3, -0.25) is 9.59 Å². The van der Waals surface area contributed by atoms with Crippen LogP contribution in [-0.2, 0) is 14.0 Å². The SMILES string of the molecule is CCC(NC(C)=O)C(=O)O[Si](C)(C)C(C)(C)C. The minimum Gasteiger partial charge on any atom is -0.518 e. The number of nitrogens with one attached hydrogen (secondary N) is 1. The summed E-state index contributed by atoms with van der Waals surface area (Å²) < 4.78 is 5.64. The Morgan fingerprint density at radius 1 is 1.29 bits per heavy atom. The monoisotopic (exact) mass is 259 g/mol. The molecule has 0 aromatic rings. The molecule has 0 aliphatic rings. The lowest BCUT2D eigenvalue weighted by Gasteiger charge is -2.36. The van der Waals surface area contributed by atoms with Crippen molar-refractivity contribution in [2.24, 2.45) is 0 Å². The van der Waals surface area contributed by atoms with Crippen LogP contribution >= 0.6 is 0 Å². The van der Waals surface area contributed by atoms with E-state index in [2.05, 4.69) is 26.1 Å².